The van der Waals surface area contributed by atoms with Crippen LogP contribution in [0.5, 0.6) is 0 Å². The van der Waals surface area contributed by atoms with Gasteiger partial charge in [0.05, 0.1) is 11.9 Å². The van der Waals surface area contributed by atoms with Crippen molar-refractivity contribution in [3.63, 3.8) is 0 Å². The third-order valence-corrected chi connectivity index (χ3v) is 2.95. The maximum absolute atomic E-state index is 4.60. The quantitative estimate of drug-likeness (QED) is 0.740. The molecule has 1 fully saturated rings. The first kappa shape index (κ1) is 16.2. The van der Waals surface area contributed by atoms with Crippen LogP contribution in [0.2, 0.25) is 0 Å². The highest BCUT2D eigenvalue weighted by Gasteiger charge is 2.14. The third kappa shape index (κ3) is 3.83. The molecule has 0 saturated carbocycles. The first-order valence-corrected chi connectivity index (χ1v) is 7.39. The van der Waals surface area contributed by atoms with E-state index in [1.807, 2.05) is 44.5 Å². The van der Waals surface area contributed by atoms with Gasteiger partial charge in [-0.15, -0.1) is 11.7 Å². The molecule has 0 radical (unpaired) electrons. The number of imidazole rings is 1. The van der Waals surface area contributed by atoms with E-state index >= 15 is 0 Å². The largest absolute Gasteiger partial charge is 0.355 e. The highest BCUT2D eigenvalue weighted by molar-refractivity contribution is 5.47. The minimum atomic E-state index is 0.926. The van der Waals surface area contributed by atoms with E-state index in [1.54, 1.807) is 6.08 Å². The number of hydrogen-bond donors (Lipinski definition) is 0. The molecule has 0 aromatic carbocycles. The third-order valence-electron chi connectivity index (χ3n) is 2.95. The van der Waals surface area contributed by atoms with E-state index in [1.165, 1.54) is 12.8 Å². The molecule has 0 unspecified atom stereocenters. The van der Waals surface area contributed by atoms with Gasteiger partial charge in [-0.3, -0.25) is 0 Å². The summed E-state index contributed by atoms with van der Waals surface area (Å²) in [4.78, 5) is 6.60. The lowest BCUT2D eigenvalue weighted by Gasteiger charge is -2.15. The fourth-order valence-electron chi connectivity index (χ4n) is 2.09. The van der Waals surface area contributed by atoms with Gasteiger partial charge in [0.15, 0.2) is 5.65 Å². The fourth-order valence-corrected chi connectivity index (χ4v) is 2.09. The molecule has 0 amide bonds. The van der Waals surface area contributed by atoms with E-state index in [-0.39, 0.29) is 0 Å². The van der Waals surface area contributed by atoms with Crippen LogP contribution in [0.4, 0.5) is 5.82 Å². The maximum atomic E-state index is 4.60. The smallest absolute Gasteiger partial charge is 0.153 e. The summed E-state index contributed by atoms with van der Waals surface area (Å²) in [6, 6.07) is 4.10. The van der Waals surface area contributed by atoms with Crippen LogP contribution in [0.3, 0.4) is 0 Å². The van der Waals surface area contributed by atoms with Crippen LogP contribution in [0, 0.1) is 6.92 Å². The van der Waals surface area contributed by atoms with Crippen molar-refractivity contribution < 1.29 is 0 Å². The van der Waals surface area contributed by atoms with Gasteiger partial charge in [0.2, 0.25) is 0 Å². The summed E-state index contributed by atoms with van der Waals surface area (Å²) in [5, 5.41) is 4.60. The molecule has 0 atom stereocenters. The van der Waals surface area contributed by atoms with Crippen LogP contribution < -0.4 is 4.90 Å². The number of anilines is 1. The Balaban J connectivity index is 0.000000357. The monoisotopic (exact) mass is 274 g/mol. The molecule has 4 heteroatoms. The van der Waals surface area contributed by atoms with Gasteiger partial charge < -0.3 is 4.90 Å². The molecule has 110 valence electrons. The molecule has 1 saturated heterocycles. The van der Waals surface area contributed by atoms with Gasteiger partial charge in [-0.1, -0.05) is 19.9 Å². The summed E-state index contributed by atoms with van der Waals surface area (Å²) in [5.41, 5.74) is 2.02. The maximum Gasteiger partial charge on any atom is 0.153 e. The van der Waals surface area contributed by atoms with Crippen LogP contribution in [-0.4, -0.2) is 27.7 Å². The molecule has 0 aliphatic carbocycles. The molecular weight excluding hydrogens is 248 g/mol. The molecular formula is C16H26N4. The summed E-state index contributed by atoms with van der Waals surface area (Å²) in [6.07, 6.45) is 6.17. The van der Waals surface area contributed by atoms with E-state index in [0.717, 1.165) is 30.2 Å². The zero-order valence-corrected chi connectivity index (χ0v) is 13.1. The van der Waals surface area contributed by atoms with Gasteiger partial charge in [-0.2, -0.15) is 0 Å². The minimum absolute atomic E-state index is 0.926. The van der Waals surface area contributed by atoms with Gasteiger partial charge in [0, 0.05) is 13.1 Å². The molecule has 20 heavy (non-hydrogen) atoms. The van der Waals surface area contributed by atoms with Crippen LogP contribution in [0.15, 0.2) is 31.0 Å². The Morgan fingerprint density at radius 3 is 2.40 bits per heavy atom. The fraction of sp³-hybridized carbons (Fsp3) is 0.500. The van der Waals surface area contributed by atoms with Crippen LogP contribution in [0.1, 0.15) is 39.3 Å². The number of hydrogen-bond acceptors (Lipinski definition) is 3. The molecule has 0 spiro atoms. The van der Waals surface area contributed by atoms with Crippen molar-refractivity contribution in [2.75, 3.05) is 18.0 Å². The number of nitrogens with zero attached hydrogens (tertiary/aromatic N) is 4. The van der Waals surface area contributed by atoms with Crippen LogP contribution >= 0.6 is 0 Å². The van der Waals surface area contributed by atoms with E-state index in [9.17, 15) is 0 Å². The van der Waals surface area contributed by atoms with Crippen molar-refractivity contribution in [3.05, 3.63) is 36.7 Å². The van der Waals surface area contributed by atoms with Gasteiger partial charge in [0.1, 0.15) is 5.82 Å². The molecule has 2 aromatic rings. The first-order valence-electron chi connectivity index (χ1n) is 7.39. The lowest BCUT2D eigenvalue weighted by atomic mass is 10.4. The predicted molar refractivity (Wildman–Crippen MR) is 86.4 cm³/mol. The summed E-state index contributed by atoms with van der Waals surface area (Å²) in [5.74, 6) is 1.07. The zero-order chi connectivity index (χ0) is 15.0. The highest BCUT2D eigenvalue weighted by Crippen LogP contribution is 2.18. The van der Waals surface area contributed by atoms with E-state index in [0.29, 0.717) is 0 Å². The second-order valence-corrected chi connectivity index (χ2v) is 4.46. The Morgan fingerprint density at radius 2 is 1.80 bits per heavy atom. The molecule has 1 aliphatic heterocycles. The molecule has 3 heterocycles. The van der Waals surface area contributed by atoms with Crippen molar-refractivity contribution in [2.24, 2.45) is 0 Å². The van der Waals surface area contributed by atoms with Crippen molar-refractivity contribution in [1.29, 1.82) is 0 Å². The SMILES string of the molecule is C=CC.CC.Cc1cnc2ccc(N3CCCC3)nn12. The van der Waals surface area contributed by atoms with Crippen molar-refractivity contribution in [2.45, 2.75) is 40.5 Å². The van der Waals surface area contributed by atoms with Gasteiger partial charge >= 0.3 is 0 Å². The first-order chi connectivity index (χ1) is 9.76. The average Bonchev–Trinajstić information content (AvgIpc) is 3.12. The van der Waals surface area contributed by atoms with E-state index in [4.69, 9.17) is 0 Å². The lowest BCUT2D eigenvalue weighted by Crippen LogP contribution is -2.19. The Hall–Kier alpha value is -1.84. The van der Waals surface area contributed by atoms with Crippen LogP contribution in [-0.2, 0) is 0 Å². The normalized spacial score (nSPS) is 13.3. The van der Waals surface area contributed by atoms with Crippen LogP contribution in [0.25, 0.3) is 5.65 Å². The molecule has 2 aromatic heterocycles. The summed E-state index contributed by atoms with van der Waals surface area (Å²) >= 11 is 0. The lowest BCUT2D eigenvalue weighted by molar-refractivity contribution is 0.843. The van der Waals surface area contributed by atoms with Gasteiger partial charge in [-0.05, 0) is 38.8 Å². The Morgan fingerprint density at radius 1 is 1.20 bits per heavy atom. The van der Waals surface area contributed by atoms with E-state index in [2.05, 4.69) is 27.6 Å². The molecule has 3 rings (SSSR count). The second kappa shape index (κ2) is 8.35. The molecule has 1 aliphatic rings. The minimum Gasteiger partial charge on any atom is -0.355 e. The Bertz CT molecular complexity index is 524. The number of fused-ring (bicyclic) bond motifs is 1. The molecule has 0 N–H and O–H groups in total. The topological polar surface area (TPSA) is 33.4 Å². The summed E-state index contributed by atoms with van der Waals surface area (Å²) < 4.78 is 1.91. The Kier molecular flexibility index (Phi) is 6.77. The number of rotatable bonds is 1. The summed E-state index contributed by atoms with van der Waals surface area (Å²) in [6.45, 7) is 13.5. The number of aromatic nitrogens is 3. The van der Waals surface area contributed by atoms with Crippen molar-refractivity contribution in [1.82, 2.24) is 14.6 Å². The highest BCUT2D eigenvalue weighted by atomic mass is 15.3. The van der Waals surface area contributed by atoms with Gasteiger partial charge in [-0.25, -0.2) is 9.50 Å². The van der Waals surface area contributed by atoms with Gasteiger partial charge in [0.25, 0.3) is 0 Å². The van der Waals surface area contributed by atoms with Crippen molar-refractivity contribution >= 4 is 11.5 Å². The molecule has 4 nitrogen and oxygen atoms in total. The van der Waals surface area contributed by atoms with E-state index < -0.39 is 0 Å². The Labute approximate surface area is 122 Å². The number of aryl methyl sites for hydroxylation is 1. The number of allylic oxidation sites excluding steroid dienone is 1. The molecule has 0 bridgehead atoms. The average molecular weight is 274 g/mol. The summed E-state index contributed by atoms with van der Waals surface area (Å²) in [7, 11) is 0. The zero-order valence-electron chi connectivity index (χ0n) is 13.1. The standard InChI is InChI=1S/C11H14N4.C3H6.C2H6/c1-9-8-12-10-4-5-11(13-15(9)10)14-6-2-3-7-14;1-3-2;1-2/h4-5,8H,2-3,6-7H2,1H3;3H,1H2,2H3;1-2H3. The van der Waals surface area contributed by atoms with Crippen molar-refractivity contribution in [3.8, 4) is 0 Å². The predicted octanol–water partition coefficient (Wildman–Crippen LogP) is 3.86. The second-order valence-electron chi connectivity index (χ2n) is 4.46.